The minimum Gasteiger partial charge on any atom is -0.385 e. The Hall–Kier alpha value is -0.170. The Morgan fingerprint density at radius 1 is 1.40 bits per heavy atom. The van der Waals surface area contributed by atoms with Crippen molar-refractivity contribution in [3.8, 4) is 0 Å². The van der Waals surface area contributed by atoms with Crippen LogP contribution < -0.4 is 10.5 Å². The molecule has 0 aliphatic rings. The van der Waals surface area contributed by atoms with Crippen LogP contribution in [0.3, 0.4) is 0 Å². The van der Waals surface area contributed by atoms with E-state index in [1.54, 1.807) is 7.11 Å². The van der Waals surface area contributed by atoms with Gasteiger partial charge in [-0.2, -0.15) is 0 Å². The fraction of sp³-hybridized carbons (Fsp3) is 1.00. The second-order valence-corrected chi connectivity index (χ2v) is 5.66. The minimum absolute atomic E-state index is 0.0997. The Bertz CT molecular complexity index is 254. The molecule has 2 unspecified atom stereocenters. The molecular weight excluding hydrogens is 216 g/mol. The first-order valence-corrected chi connectivity index (χ1v) is 6.77. The molecule has 0 saturated carbocycles. The molecule has 0 aromatic carbocycles. The number of rotatable bonds is 8. The van der Waals surface area contributed by atoms with Crippen LogP contribution in [0.15, 0.2) is 0 Å². The monoisotopic (exact) mass is 238 g/mol. The van der Waals surface area contributed by atoms with Crippen LogP contribution in [-0.2, 0) is 14.8 Å². The van der Waals surface area contributed by atoms with E-state index >= 15 is 0 Å². The van der Waals surface area contributed by atoms with Crippen molar-refractivity contribution >= 4 is 10.0 Å². The summed E-state index contributed by atoms with van der Waals surface area (Å²) in [5, 5.41) is 0. The van der Waals surface area contributed by atoms with Crippen molar-refractivity contribution in [1.29, 1.82) is 0 Å². The van der Waals surface area contributed by atoms with Gasteiger partial charge in [-0.05, 0) is 25.8 Å². The molecule has 0 heterocycles. The molecule has 0 bridgehead atoms. The minimum atomic E-state index is -3.19. The number of methoxy groups -OCH3 is 1. The van der Waals surface area contributed by atoms with Crippen molar-refractivity contribution in [2.24, 2.45) is 11.7 Å². The van der Waals surface area contributed by atoms with Crippen LogP contribution in [0.25, 0.3) is 0 Å². The van der Waals surface area contributed by atoms with Crippen LogP contribution in [0.5, 0.6) is 0 Å². The third-order valence-corrected chi connectivity index (χ3v) is 3.91. The maximum absolute atomic E-state index is 11.5. The third-order valence-electron chi connectivity index (χ3n) is 2.35. The molecule has 0 aromatic heterocycles. The molecule has 3 N–H and O–H groups in total. The van der Waals surface area contributed by atoms with Gasteiger partial charge in [0.2, 0.25) is 10.0 Å². The van der Waals surface area contributed by atoms with Crippen molar-refractivity contribution in [3.05, 3.63) is 0 Å². The Kier molecular flexibility index (Phi) is 7.08. The highest BCUT2D eigenvalue weighted by molar-refractivity contribution is 7.89. The van der Waals surface area contributed by atoms with E-state index in [9.17, 15) is 8.42 Å². The van der Waals surface area contributed by atoms with Crippen molar-refractivity contribution < 1.29 is 13.2 Å². The fourth-order valence-electron chi connectivity index (χ4n) is 1.06. The zero-order chi connectivity index (χ0) is 11.9. The summed E-state index contributed by atoms with van der Waals surface area (Å²) in [5.74, 6) is 0.241. The highest BCUT2D eigenvalue weighted by atomic mass is 32.2. The molecule has 0 aliphatic carbocycles. The average Bonchev–Trinajstić information content (AvgIpc) is 2.16. The standard InChI is InChI=1S/C9H22N2O3S/c1-8(7-10)9(2)11-15(12,13)6-4-5-14-3/h8-9,11H,4-7,10H2,1-3H3. The van der Waals surface area contributed by atoms with Crippen molar-refractivity contribution in [2.45, 2.75) is 26.3 Å². The van der Waals surface area contributed by atoms with Crippen molar-refractivity contribution in [3.63, 3.8) is 0 Å². The number of hydrogen-bond acceptors (Lipinski definition) is 4. The molecular formula is C9H22N2O3S. The summed E-state index contributed by atoms with van der Waals surface area (Å²) in [6.07, 6.45) is 0.509. The van der Waals surface area contributed by atoms with Crippen LogP contribution in [-0.4, -0.2) is 40.5 Å². The van der Waals surface area contributed by atoms with Gasteiger partial charge < -0.3 is 10.5 Å². The van der Waals surface area contributed by atoms with E-state index in [0.29, 0.717) is 19.6 Å². The molecule has 15 heavy (non-hydrogen) atoms. The summed E-state index contributed by atoms with van der Waals surface area (Å²) < 4.78 is 30.5. The summed E-state index contributed by atoms with van der Waals surface area (Å²) in [6.45, 7) is 4.68. The average molecular weight is 238 g/mol. The number of nitrogens with one attached hydrogen (secondary N) is 1. The van der Waals surface area contributed by atoms with Gasteiger partial charge in [0.05, 0.1) is 5.75 Å². The first-order valence-electron chi connectivity index (χ1n) is 5.12. The van der Waals surface area contributed by atoms with Crippen LogP contribution in [0, 0.1) is 5.92 Å². The van der Waals surface area contributed by atoms with Crippen LogP contribution in [0.4, 0.5) is 0 Å². The predicted octanol–water partition coefficient (Wildman–Crippen LogP) is -0.0744. The molecule has 92 valence electrons. The molecule has 0 amide bonds. The topological polar surface area (TPSA) is 81.4 Å². The van der Waals surface area contributed by atoms with E-state index in [1.165, 1.54) is 0 Å². The quantitative estimate of drug-likeness (QED) is 0.580. The second-order valence-electron chi connectivity index (χ2n) is 3.78. The maximum atomic E-state index is 11.5. The summed E-state index contributed by atoms with van der Waals surface area (Å²) in [7, 11) is -1.64. The van der Waals surface area contributed by atoms with Crippen molar-refractivity contribution in [2.75, 3.05) is 26.0 Å². The molecule has 5 nitrogen and oxygen atoms in total. The van der Waals surface area contributed by atoms with Crippen molar-refractivity contribution in [1.82, 2.24) is 4.72 Å². The molecule has 0 radical (unpaired) electrons. The molecule has 6 heteroatoms. The van der Waals surface area contributed by atoms with E-state index in [1.807, 2.05) is 13.8 Å². The lowest BCUT2D eigenvalue weighted by molar-refractivity contribution is 0.199. The lowest BCUT2D eigenvalue weighted by atomic mass is 10.1. The largest absolute Gasteiger partial charge is 0.385 e. The Balaban J connectivity index is 4.02. The predicted molar refractivity (Wildman–Crippen MR) is 61.1 cm³/mol. The SMILES string of the molecule is COCCCS(=O)(=O)NC(C)C(C)CN. The Labute approximate surface area is 92.4 Å². The molecule has 0 rings (SSSR count). The summed E-state index contributed by atoms with van der Waals surface area (Å²) in [5.41, 5.74) is 5.46. The molecule has 0 aliphatic heterocycles. The lowest BCUT2D eigenvalue weighted by Gasteiger charge is -2.19. The van der Waals surface area contributed by atoms with Gasteiger partial charge in [-0.1, -0.05) is 6.92 Å². The van der Waals surface area contributed by atoms with E-state index in [4.69, 9.17) is 10.5 Å². The van der Waals surface area contributed by atoms with Gasteiger partial charge in [0.25, 0.3) is 0 Å². The first kappa shape index (κ1) is 14.8. The van der Waals surface area contributed by atoms with Crippen LogP contribution >= 0.6 is 0 Å². The molecule has 0 saturated heterocycles. The normalized spacial score (nSPS) is 16.3. The number of hydrogen-bond donors (Lipinski definition) is 2. The smallest absolute Gasteiger partial charge is 0.211 e. The van der Waals surface area contributed by atoms with Gasteiger partial charge in [-0.25, -0.2) is 13.1 Å². The lowest BCUT2D eigenvalue weighted by Crippen LogP contribution is -2.40. The summed E-state index contributed by atoms with van der Waals surface area (Å²) in [6, 6.07) is -0.123. The second kappa shape index (κ2) is 7.16. The Morgan fingerprint density at radius 2 is 2.00 bits per heavy atom. The maximum Gasteiger partial charge on any atom is 0.211 e. The zero-order valence-electron chi connectivity index (χ0n) is 9.69. The summed E-state index contributed by atoms with van der Waals surface area (Å²) >= 11 is 0. The fourth-order valence-corrected chi connectivity index (χ4v) is 2.47. The van der Waals surface area contributed by atoms with Gasteiger partial charge in [-0.15, -0.1) is 0 Å². The van der Waals surface area contributed by atoms with E-state index in [2.05, 4.69) is 4.72 Å². The van der Waals surface area contributed by atoms with Crippen LogP contribution in [0.1, 0.15) is 20.3 Å². The van der Waals surface area contributed by atoms with Crippen LogP contribution in [0.2, 0.25) is 0 Å². The Morgan fingerprint density at radius 3 is 2.47 bits per heavy atom. The first-order chi connectivity index (χ1) is 6.93. The molecule has 2 atom stereocenters. The highest BCUT2D eigenvalue weighted by Gasteiger charge is 2.17. The van der Waals surface area contributed by atoms with E-state index in [-0.39, 0.29) is 17.7 Å². The molecule has 0 spiro atoms. The number of ether oxygens (including phenoxy) is 1. The van der Waals surface area contributed by atoms with Gasteiger partial charge in [0, 0.05) is 19.8 Å². The number of sulfonamides is 1. The van der Waals surface area contributed by atoms with Gasteiger partial charge in [0.1, 0.15) is 0 Å². The van der Waals surface area contributed by atoms with Gasteiger partial charge in [-0.3, -0.25) is 0 Å². The van der Waals surface area contributed by atoms with Gasteiger partial charge >= 0.3 is 0 Å². The van der Waals surface area contributed by atoms with E-state index < -0.39 is 10.0 Å². The van der Waals surface area contributed by atoms with E-state index in [0.717, 1.165) is 0 Å². The molecule has 0 fully saturated rings. The highest BCUT2D eigenvalue weighted by Crippen LogP contribution is 2.02. The third kappa shape index (κ3) is 6.83. The zero-order valence-corrected chi connectivity index (χ0v) is 10.5. The molecule has 0 aromatic rings. The van der Waals surface area contributed by atoms with Gasteiger partial charge in [0.15, 0.2) is 0 Å². The number of nitrogens with two attached hydrogens (primary N) is 1. The summed E-state index contributed by atoms with van der Waals surface area (Å²) in [4.78, 5) is 0.